The van der Waals surface area contributed by atoms with E-state index in [2.05, 4.69) is 16.6 Å². The number of halogens is 2. The highest BCUT2D eigenvalue weighted by atomic mass is 35.5. The zero-order chi connectivity index (χ0) is 44.0. The van der Waals surface area contributed by atoms with Gasteiger partial charge in [-0.25, -0.2) is 9.59 Å². The SMILES string of the molecule is COC(=O)c1ccc([C@H](C)CC(=O)[C@H]2CCCCN2CCOc2ccccc2)cc1.COC(=O)c1ccc([C@H](C)N)cc1.Cl.Cl.O=C(O)[C@H]1CCCCN1CCOc1ccccc1. The lowest BCUT2D eigenvalue weighted by Gasteiger charge is -2.35. The van der Waals surface area contributed by atoms with E-state index in [0.29, 0.717) is 43.1 Å². The predicted molar refractivity (Wildman–Crippen MR) is 251 cm³/mol. The summed E-state index contributed by atoms with van der Waals surface area (Å²) in [6.45, 7) is 8.31. The molecule has 0 aromatic heterocycles. The first-order chi connectivity index (χ1) is 29.5. The summed E-state index contributed by atoms with van der Waals surface area (Å²) in [7, 11) is 2.74. The van der Waals surface area contributed by atoms with Crippen LogP contribution >= 0.6 is 24.8 Å². The van der Waals surface area contributed by atoms with E-state index in [1.807, 2.05) is 96.8 Å². The van der Waals surface area contributed by atoms with E-state index in [-0.39, 0.29) is 60.8 Å². The molecule has 0 bridgehead atoms. The summed E-state index contributed by atoms with van der Waals surface area (Å²) >= 11 is 0. The first-order valence-corrected chi connectivity index (χ1v) is 21.2. The molecule has 6 rings (SSSR count). The minimum Gasteiger partial charge on any atom is -0.492 e. The highest BCUT2D eigenvalue weighted by molar-refractivity contribution is 5.90. The summed E-state index contributed by atoms with van der Waals surface area (Å²) in [4.78, 5) is 51.1. The van der Waals surface area contributed by atoms with Crippen LogP contribution in [0.1, 0.15) is 103 Å². The van der Waals surface area contributed by atoms with E-state index in [4.69, 9.17) is 25.1 Å². The molecule has 2 saturated heterocycles. The van der Waals surface area contributed by atoms with Gasteiger partial charge in [0.25, 0.3) is 0 Å². The van der Waals surface area contributed by atoms with E-state index in [9.17, 15) is 19.2 Å². The van der Waals surface area contributed by atoms with Gasteiger partial charge in [0.1, 0.15) is 30.8 Å². The molecule has 0 amide bonds. The van der Waals surface area contributed by atoms with E-state index >= 15 is 0 Å². The summed E-state index contributed by atoms with van der Waals surface area (Å²) in [6, 6.07) is 33.5. The van der Waals surface area contributed by atoms with Crippen molar-refractivity contribution in [3.05, 3.63) is 131 Å². The Labute approximate surface area is 385 Å². The fourth-order valence-electron chi connectivity index (χ4n) is 7.42. The number of carbonyl (C=O) groups is 4. The van der Waals surface area contributed by atoms with Gasteiger partial charge >= 0.3 is 17.9 Å². The fraction of sp³-hybridized carbons (Fsp3) is 0.429. The Balaban J connectivity index is 0.000000352. The molecule has 2 fully saturated rings. The Kier molecular flexibility index (Phi) is 25.3. The number of para-hydroxylation sites is 2. The maximum absolute atomic E-state index is 13.1. The van der Waals surface area contributed by atoms with Crippen LogP contribution in [0.15, 0.2) is 109 Å². The highest BCUT2D eigenvalue weighted by Gasteiger charge is 2.30. The van der Waals surface area contributed by atoms with Gasteiger partial charge in [0.05, 0.1) is 31.4 Å². The van der Waals surface area contributed by atoms with Gasteiger partial charge in [0.15, 0.2) is 5.78 Å². The molecule has 4 aromatic rings. The third-order valence-corrected chi connectivity index (χ3v) is 10.9. The maximum atomic E-state index is 13.1. The maximum Gasteiger partial charge on any atom is 0.337 e. The van der Waals surface area contributed by atoms with Gasteiger partial charge in [0, 0.05) is 25.6 Å². The van der Waals surface area contributed by atoms with Crippen LogP contribution in [0.25, 0.3) is 0 Å². The van der Waals surface area contributed by atoms with Crippen molar-refractivity contribution in [3.63, 3.8) is 0 Å². The summed E-state index contributed by atoms with van der Waals surface area (Å²) in [5.74, 6) is 0.710. The number of ketones is 1. The Bertz CT molecular complexity index is 1920. The third-order valence-electron chi connectivity index (χ3n) is 10.9. The number of hydrogen-bond donors (Lipinski definition) is 2. The van der Waals surface area contributed by atoms with Crippen molar-refractivity contribution in [2.24, 2.45) is 5.73 Å². The number of carboxylic acids is 1. The molecule has 0 saturated carbocycles. The van der Waals surface area contributed by atoms with E-state index in [1.165, 1.54) is 14.2 Å². The second kappa shape index (κ2) is 29.4. The van der Waals surface area contributed by atoms with Crippen LogP contribution in [0.2, 0.25) is 0 Å². The van der Waals surface area contributed by atoms with E-state index in [0.717, 1.165) is 80.8 Å². The monoisotopic (exact) mass is 909 g/mol. The van der Waals surface area contributed by atoms with E-state index in [1.54, 1.807) is 24.3 Å². The molecule has 63 heavy (non-hydrogen) atoms. The lowest BCUT2D eigenvalue weighted by molar-refractivity contribution is -0.144. The molecule has 2 aliphatic rings. The van der Waals surface area contributed by atoms with Crippen molar-refractivity contribution in [1.82, 2.24) is 9.80 Å². The molecule has 0 spiro atoms. The van der Waals surface area contributed by atoms with Crippen LogP contribution in [-0.4, -0.2) is 104 Å². The number of rotatable bonds is 16. The number of Topliss-reactive ketones (excluding diaryl/α,β-unsaturated/α-hetero) is 1. The van der Waals surface area contributed by atoms with Crippen LogP contribution in [-0.2, 0) is 19.1 Å². The number of esters is 2. The largest absolute Gasteiger partial charge is 0.492 e. The predicted octanol–water partition coefficient (Wildman–Crippen LogP) is 8.81. The molecule has 2 aliphatic heterocycles. The smallest absolute Gasteiger partial charge is 0.337 e. The average Bonchev–Trinajstić information content (AvgIpc) is 3.30. The van der Waals surface area contributed by atoms with Gasteiger partial charge in [0.2, 0.25) is 0 Å². The van der Waals surface area contributed by atoms with Crippen LogP contribution in [0, 0.1) is 0 Å². The molecule has 4 aromatic carbocycles. The normalized spacial score (nSPS) is 16.9. The first kappa shape index (κ1) is 54.2. The summed E-state index contributed by atoms with van der Waals surface area (Å²) in [5, 5.41) is 9.14. The van der Waals surface area contributed by atoms with Crippen molar-refractivity contribution in [3.8, 4) is 11.5 Å². The summed E-state index contributed by atoms with van der Waals surface area (Å²) in [6.07, 6.45) is 6.47. The number of carboxylic acid groups (broad SMARTS) is 1. The van der Waals surface area contributed by atoms with E-state index < -0.39 is 5.97 Å². The third kappa shape index (κ3) is 18.3. The number of piperidine rings is 2. The van der Waals surface area contributed by atoms with Crippen molar-refractivity contribution in [2.45, 2.75) is 82.8 Å². The Morgan fingerprint density at radius 1 is 0.619 bits per heavy atom. The van der Waals surface area contributed by atoms with Crippen molar-refractivity contribution >= 4 is 48.5 Å². The molecular weight excluding hydrogens is 845 g/mol. The Morgan fingerprint density at radius 3 is 1.44 bits per heavy atom. The Hall–Kier alpha value is -4.98. The van der Waals surface area contributed by atoms with Crippen LogP contribution in [0.5, 0.6) is 11.5 Å². The zero-order valence-corrected chi connectivity index (χ0v) is 38.5. The molecular formula is C49H65Cl2N3O9. The van der Waals surface area contributed by atoms with Gasteiger partial charge in [-0.15, -0.1) is 24.8 Å². The van der Waals surface area contributed by atoms with Crippen molar-refractivity contribution in [1.29, 1.82) is 0 Å². The number of benzene rings is 4. The van der Waals surface area contributed by atoms with Crippen molar-refractivity contribution in [2.75, 3.05) is 53.6 Å². The topological polar surface area (TPSA) is 158 Å². The molecule has 3 N–H and O–H groups in total. The number of aliphatic carboxylic acids is 1. The summed E-state index contributed by atoms with van der Waals surface area (Å²) in [5.41, 5.74) is 8.80. The van der Waals surface area contributed by atoms with Crippen LogP contribution < -0.4 is 15.2 Å². The molecule has 14 heteroatoms. The number of methoxy groups -OCH3 is 2. The first-order valence-electron chi connectivity index (χ1n) is 21.2. The quantitative estimate of drug-likeness (QED) is 0.103. The summed E-state index contributed by atoms with van der Waals surface area (Å²) < 4.78 is 20.7. The molecule has 344 valence electrons. The molecule has 0 radical (unpaired) electrons. The lowest BCUT2D eigenvalue weighted by atomic mass is 9.89. The van der Waals surface area contributed by atoms with Gasteiger partial charge in [-0.1, -0.05) is 80.4 Å². The minimum atomic E-state index is -0.714. The van der Waals surface area contributed by atoms with Gasteiger partial charge in [-0.05, 0) is 111 Å². The number of likely N-dealkylation sites (tertiary alicyclic amines) is 2. The molecule has 12 nitrogen and oxygen atoms in total. The number of ether oxygens (including phenoxy) is 4. The standard InChI is InChI=1S/C25H31NO4.C14H19NO3.C10H13NO2.2ClH/c1-19(20-11-13-21(14-12-20)25(28)29-2)18-24(27)23-10-6-7-15-26(23)16-17-30-22-8-4-3-5-9-22;16-14(17)13-8-4-5-9-15(13)10-11-18-12-6-2-1-3-7-12;1-7(11)8-3-5-9(6-4-8)10(12)13-2;;/h3-5,8-9,11-14,19,23H,6-7,10,15-18H2,1-2H3;1-3,6-7,13H,4-5,8-11H2,(H,16,17);3-7H,11H2,1-2H3;2*1H/t19-,23-;13-;7-;;/m110../s1. The number of carbonyl (C=O) groups excluding carboxylic acids is 3. The Morgan fingerprint density at radius 2 is 1.03 bits per heavy atom. The second-order valence-electron chi connectivity index (χ2n) is 15.3. The molecule has 0 unspecified atom stereocenters. The van der Waals surface area contributed by atoms with Gasteiger partial charge in [-0.2, -0.15) is 0 Å². The number of hydrogen-bond acceptors (Lipinski definition) is 11. The van der Waals surface area contributed by atoms with Gasteiger partial charge in [-0.3, -0.25) is 19.4 Å². The average molecular weight is 911 g/mol. The van der Waals surface area contributed by atoms with Crippen molar-refractivity contribution < 1.29 is 43.2 Å². The van der Waals surface area contributed by atoms with Gasteiger partial charge < -0.3 is 29.8 Å². The van der Waals surface area contributed by atoms with Crippen LogP contribution in [0.4, 0.5) is 0 Å². The highest BCUT2D eigenvalue weighted by Crippen LogP contribution is 2.25. The second-order valence-corrected chi connectivity index (χ2v) is 15.3. The zero-order valence-electron chi connectivity index (χ0n) is 36.9. The molecule has 0 aliphatic carbocycles. The van der Waals surface area contributed by atoms with Crippen LogP contribution in [0.3, 0.4) is 0 Å². The molecule has 4 atom stereocenters. The number of nitrogens with two attached hydrogens (primary N) is 1. The lowest BCUT2D eigenvalue weighted by Crippen LogP contribution is -2.46. The fourth-order valence-corrected chi connectivity index (χ4v) is 7.42. The minimum absolute atomic E-state index is 0. The number of nitrogens with zero attached hydrogens (tertiary/aromatic N) is 2. The molecule has 2 heterocycles.